The van der Waals surface area contributed by atoms with Crippen LogP contribution in [0.5, 0.6) is 0 Å². The monoisotopic (exact) mass is 416 g/mol. The van der Waals surface area contributed by atoms with Gasteiger partial charge in [-0.2, -0.15) is 0 Å². The van der Waals surface area contributed by atoms with Crippen molar-refractivity contribution < 1.29 is 18.8 Å². The molecule has 0 aromatic heterocycles. The summed E-state index contributed by atoms with van der Waals surface area (Å²) in [4.78, 5) is 26.5. The first-order valence-electron chi connectivity index (χ1n) is 11.2. The van der Waals surface area contributed by atoms with Crippen molar-refractivity contribution in [1.29, 1.82) is 0 Å². The summed E-state index contributed by atoms with van der Waals surface area (Å²) in [6, 6.07) is 0. The van der Waals surface area contributed by atoms with Gasteiger partial charge in [0.05, 0.1) is 29.7 Å². The van der Waals surface area contributed by atoms with E-state index in [9.17, 15) is 9.59 Å². The van der Waals surface area contributed by atoms with Gasteiger partial charge in [-0.3, -0.25) is 9.59 Å². The van der Waals surface area contributed by atoms with Gasteiger partial charge in [-0.25, -0.2) is 0 Å². The lowest BCUT2D eigenvalue weighted by Crippen LogP contribution is -2.72. The van der Waals surface area contributed by atoms with Gasteiger partial charge >= 0.3 is 0 Å². The van der Waals surface area contributed by atoms with E-state index in [0.29, 0.717) is 12.3 Å². The van der Waals surface area contributed by atoms with Crippen LogP contribution in [-0.2, 0) is 18.8 Å². The Morgan fingerprint density at radius 2 is 1.93 bits per heavy atom. The summed E-state index contributed by atoms with van der Waals surface area (Å²) < 4.78 is 12.9. The van der Waals surface area contributed by atoms with Crippen LogP contribution in [0.25, 0.3) is 0 Å². The van der Waals surface area contributed by atoms with Gasteiger partial charge in [-0.05, 0) is 49.4 Å². The van der Waals surface area contributed by atoms with Crippen molar-refractivity contribution in [3.8, 4) is 0 Å². The summed E-state index contributed by atoms with van der Waals surface area (Å²) in [5, 5.41) is 6.73. The first-order chi connectivity index (χ1) is 13.5. The van der Waals surface area contributed by atoms with Crippen molar-refractivity contribution >= 4 is 20.1 Å². The van der Waals surface area contributed by atoms with Gasteiger partial charge < -0.3 is 19.8 Å². The average molecular weight is 417 g/mol. The second-order valence-electron chi connectivity index (χ2n) is 11.7. The highest BCUT2D eigenvalue weighted by molar-refractivity contribution is 6.74. The zero-order valence-electron chi connectivity index (χ0n) is 18.1. The highest BCUT2D eigenvalue weighted by atomic mass is 28.4. The van der Waals surface area contributed by atoms with Gasteiger partial charge in [0.2, 0.25) is 11.8 Å². The van der Waals surface area contributed by atoms with E-state index in [1.54, 1.807) is 0 Å². The molecule has 0 aromatic rings. The summed E-state index contributed by atoms with van der Waals surface area (Å²) >= 11 is 0. The third kappa shape index (κ3) is 2.00. The molecule has 0 unspecified atom stereocenters. The van der Waals surface area contributed by atoms with Crippen LogP contribution >= 0.6 is 0 Å². The highest BCUT2D eigenvalue weighted by Crippen LogP contribution is 2.70. The molecule has 3 spiro atoms. The van der Waals surface area contributed by atoms with Crippen LogP contribution < -0.4 is 10.6 Å². The number of hydrogen-bond donors (Lipinski definition) is 2. The van der Waals surface area contributed by atoms with E-state index in [-0.39, 0.29) is 40.7 Å². The van der Waals surface area contributed by atoms with E-state index < -0.39 is 19.3 Å². The number of rotatable bonds is 2. The molecular formula is C22H32N2O4Si. The maximum atomic E-state index is 13.9. The number of carbonyl (C=O) groups excluding carboxylic acids is 2. The van der Waals surface area contributed by atoms with Crippen LogP contribution in [0.15, 0.2) is 11.6 Å². The molecule has 6 nitrogen and oxygen atoms in total. The molecule has 158 valence electrons. The third-order valence-corrected chi connectivity index (χ3v) is 13.9. The molecule has 7 atom stereocenters. The van der Waals surface area contributed by atoms with Crippen molar-refractivity contribution in [1.82, 2.24) is 10.6 Å². The SMILES string of the molecule is CC(C)(C)[Si](C)(C)O[C@H]1CC[C@]2(NC(=O)C[C@H]3O[C@H]32)[C@@]12C=C1[C@@H]3CC[C@@]13NC2=O. The third-order valence-electron chi connectivity index (χ3n) is 9.43. The van der Waals surface area contributed by atoms with E-state index in [2.05, 4.69) is 50.6 Å². The molecule has 2 saturated heterocycles. The Kier molecular flexibility index (Phi) is 3.20. The maximum absolute atomic E-state index is 13.9. The number of hydrogen-bond acceptors (Lipinski definition) is 4. The van der Waals surface area contributed by atoms with Crippen molar-refractivity contribution in [3.63, 3.8) is 0 Å². The van der Waals surface area contributed by atoms with Gasteiger partial charge in [-0.15, -0.1) is 0 Å². The molecule has 5 fully saturated rings. The van der Waals surface area contributed by atoms with Crippen molar-refractivity contribution in [2.75, 3.05) is 0 Å². The van der Waals surface area contributed by atoms with Crippen LogP contribution in [-0.4, -0.2) is 49.5 Å². The van der Waals surface area contributed by atoms with Crippen LogP contribution in [0.3, 0.4) is 0 Å². The molecule has 0 bridgehead atoms. The fraction of sp³-hybridized carbons (Fsp3) is 0.818. The second kappa shape index (κ2) is 5.00. The number of ether oxygens (including phenoxy) is 1. The molecule has 2 amide bonds. The van der Waals surface area contributed by atoms with Crippen molar-refractivity contribution in [2.24, 2.45) is 11.3 Å². The number of piperidine rings is 1. The zero-order chi connectivity index (χ0) is 20.6. The molecule has 0 aromatic carbocycles. The van der Waals surface area contributed by atoms with Crippen molar-refractivity contribution in [3.05, 3.63) is 11.6 Å². The number of carbonyl (C=O) groups is 2. The van der Waals surface area contributed by atoms with Gasteiger partial charge in [0.25, 0.3) is 0 Å². The number of epoxide rings is 1. The quantitative estimate of drug-likeness (QED) is 0.412. The lowest BCUT2D eigenvalue weighted by Gasteiger charge is -2.50. The minimum Gasteiger partial charge on any atom is -0.412 e. The largest absolute Gasteiger partial charge is 0.412 e. The van der Waals surface area contributed by atoms with Crippen LogP contribution in [0.1, 0.15) is 52.9 Å². The van der Waals surface area contributed by atoms with E-state index in [4.69, 9.17) is 9.16 Å². The van der Waals surface area contributed by atoms with E-state index in [1.165, 1.54) is 5.57 Å². The molecule has 6 aliphatic rings. The lowest BCUT2D eigenvalue weighted by molar-refractivity contribution is -0.141. The Morgan fingerprint density at radius 3 is 2.59 bits per heavy atom. The van der Waals surface area contributed by atoms with Crippen LogP contribution in [0, 0.1) is 11.3 Å². The molecule has 3 aliphatic heterocycles. The van der Waals surface area contributed by atoms with Gasteiger partial charge in [0.1, 0.15) is 11.5 Å². The number of fused-ring (bicyclic) bond motifs is 4. The summed E-state index contributed by atoms with van der Waals surface area (Å²) in [6.45, 7) is 11.2. The normalized spacial score (nSPS) is 49.5. The van der Waals surface area contributed by atoms with Crippen molar-refractivity contribution in [2.45, 2.75) is 100 Å². The minimum absolute atomic E-state index is 0.00126. The van der Waals surface area contributed by atoms with Crippen LogP contribution in [0.4, 0.5) is 0 Å². The Hall–Kier alpha value is -1.18. The molecule has 7 heteroatoms. The predicted molar refractivity (Wildman–Crippen MR) is 110 cm³/mol. The van der Waals surface area contributed by atoms with Gasteiger partial charge in [0, 0.05) is 5.92 Å². The molecule has 6 rings (SSSR count). The van der Waals surface area contributed by atoms with E-state index in [1.807, 2.05) is 0 Å². The Balaban J connectivity index is 1.48. The molecule has 0 radical (unpaired) electrons. The standard InChI is InChI=1S/C22H32N2O4Si/c1-19(2,3)29(4,5)28-15-7-9-22(17-14(27-17)10-16(25)23-22)20(15)11-13-12-6-8-21(12,13)24-18(20)26/h11-12,14-15,17H,6-10H2,1-5H3,(H,23,25)(H,24,26)/t12-,14+,15-,17+,20-,21-,22+/m0/s1. The first-order valence-corrected chi connectivity index (χ1v) is 14.1. The molecule has 29 heavy (non-hydrogen) atoms. The topological polar surface area (TPSA) is 80.0 Å². The van der Waals surface area contributed by atoms with Crippen LogP contribution in [0.2, 0.25) is 18.1 Å². The van der Waals surface area contributed by atoms with E-state index in [0.717, 1.165) is 25.7 Å². The summed E-state index contributed by atoms with van der Waals surface area (Å²) in [7, 11) is -2.11. The smallest absolute Gasteiger partial charge is 0.235 e. The average Bonchev–Trinajstić information content (AvgIpc) is 3.41. The molecular weight excluding hydrogens is 384 g/mol. The van der Waals surface area contributed by atoms with E-state index >= 15 is 0 Å². The zero-order valence-corrected chi connectivity index (χ0v) is 19.1. The fourth-order valence-corrected chi connectivity index (χ4v) is 7.95. The molecule has 3 saturated carbocycles. The Morgan fingerprint density at radius 1 is 1.17 bits per heavy atom. The maximum Gasteiger partial charge on any atom is 0.235 e. The number of nitrogens with one attached hydrogen (secondary N) is 2. The molecule has 2 N–H and O–H groups in total. The predicted octanol–water partition coefficient (Wildman–Crippen LogP) is 2.40. The molecule has 3 heterocycles. The van der Waals surface area contributed by atoms with Gasteiger partial charge in [-0.1, -0.05) is 26.8 Å². The summed E-state index contributed by atoms with van der Waals surface area (Å²) in [5.41, 5.74) is -0.244. The first kappa shape index (κ1) is 18.6. The fourth-order valence-electron chi connectivity index (χ4n) is 6.58. The Labute approximate surface area is 173 Å². The van der Waals surface area contributed by atoms with Gasteiger partial charge in [0.15, 0.2) is 8.32 Å². The minimum atomic E-state index is -2.11. The summed E-state index contributed by atoms with van der Waals surface area (Å²) in [6.07, 6.45) is 5.99. The second-order valence-corrected chi connectivity index (χ2v) is 16.5. The lowest BCUT2D eigenvalue weighted by atomic mass is 9.64. The molecule has 3 aliphatic carbocycles. The Bertz CT molecular complexity index is 879. The summed E-state index contributed by atoms with van der Waals surface area (Å²) in [5.74, 6) is 0.537. The highest BCUT2D eigenvalue weighted by Gasteiger charge is 2.80. The number of amides is 2.